The molecule has 1 aliphatic heterocycles. The number of halogens is 1. The normalized spacial score (nSPS) is 14.5. The number of aromatic nitrogens is 1. The third-order valence-corrected chi connectivity index (χ3v) is 5.04. The number of carboxylic acids is 1. The first-order valence-electron chi connectivity index (χ1n) is 10.5. The second-order valence-corrected chi connectivity index (χ2v) is 7.80. The van der Waals surface area contributed by atoms with Crippen LogP contribution in [0.5, 0.6) is 5.75 Å². The van der Waals surface area contributed by atoms with E-state index in [1.165, 1.54) is 63.5 Å². The van der Waals surface area contributed by atoms with Crippen LogP contribution in [0.25, 0.3) is 11.1 Å². The number of hydrazine groups is 1. The minimum Gasteiger partial charge on any atom is -0.494 e. The predicted molar refractivity (Wildman–Crippen MR) is 125 cm³/mol. The van der Waals surface area contributed by atoms with Gasteiger partial charge in [-0.3, -0.25) is 15.6 Å². The van der Waals surface area contributed by atoms with Gasteiger partial charge in [0, 0.05) is 36.5 Å². The van der Waals surface area contributed by atoms with Crippen LogP contribution in [0.2, 0.25) is 0 Å². The van der Waals surface area contributed by atoms with Crippen LogP contribution < -0.4 is 32.0 Å². The number of pyridine rings is 1. The number of aromatic carboxylic acids is 1. The van der Waals surface area contributed by atoms with E-state index in [2.05, 4.69) is 33.4 Å². The summed E-state index contributed by atoms with van der Waals surface area (Å²) in [5.41, 5.74) is 12.3. The highest BCUT2D eigenvalue weighted by molar-refractivity contribution is 5.95. The first-order valence-corrected chi connectivity index (χ1v) is 10.5. The Kier molecular flexibility index (Phi) is 7.57. The summed E-state index contributed by atoms with van der Waals surface area (Å²) >= 11 is 0. The molecule has 4 rings (SSSR count). The molecule has 10 nitrogen and oxygen atoms in total. The fourth-order valence-corrected chi connectivity index (χ4v) is 2.98. The maximum Gasteiger partial charge on any atom is 0.354 e. The number of methoxy groups -OCH3 is 1. The molecule has 1 aromatic carbocycles. The van der Waals surface area contributed by atoms with Crippen LogP contribution in [0.1, 0.15) is 30.3 Å². The number of nitrogens with zero attached hydrogens (tertiary/aromatic N) is 1. The molecule has 180 valence electrons. The van der Waals surface area contributed by atoms with Crippen molar-refractivity contribution in [3.8, 4) is 16.9 Å². The lowest BCUT2D eigenvalue weighted by atomic mass is 10.0. The summed E-state index contributed by atoms with van der Waals surface area (Å²) in [6.07, 6.45) is 5.75. The third kappa shape index (κ3) is 5.94. The lowest BCUT2D eigenvalue weighted by Crippen LogP contribution is -2.43. The number of carbonyl (C=O) groups is 2. The van der Waals surface area contributed by atoms with Gasteiger partial charge in [-0.25, -0.2) is 14.2 Å². The maximum absolute atomic E-state index is 14.4. The SMILES string of the molecule is CC1CC1.CNC(=O)C1=C(Nc2cc(F)cc(-c3ccc(C(=O)O)nc3)c2OC)C=C(N)NN1. The fraction of sp³-hybridized carbons (Fsp3) is 0.261. The highest BCUT2D eigenvalue weighted by atomic mass is 19.1. The highest BCUT2D eigenvalue weighted by Gasteiger charge is 2.21. The molecular weight excluding hydrogens is 443 g/mol. The molecule has 1 amide bonds. The van der Waals surface area contributed by atoms with Crippen molar-refractivity contribution in [1.82, 2.24) is 21.2 Å². The molecule has 1 aromatic heterocycles. The van der Waals surface area contributed by atoms with Gasteiger partial charge in [-0.2, -0.15) is 0 Å². The number of hydrogen-bond donors (Lipinski definition) is 6. The van der Waals surface area contributed by atoms with Crippen LogP contribution in [-0.4, -0.2) is 36.1 Å². The number of anilines is 1. The zero-order valence-electron chi connectivity index (χ0n) is 19.0. The number of carbonyl (C=O) groups excluding carboxylic acids is 1. The summed E-state index contributed by atoms with van der Waals surface area (Å²) in [6.45, 7) is 2.28. The van der Waals surface area contributed by atoms with Gasteiger partial charge >= 0.3 is 5.97 Å². The molecule has 34 heavy (non-hydrogen) atoms. The summed E-state index contributed by atoms with van der Waals surface area (Å²) < 4.78 is 19.9. The first kappa shape index (κ1) is 24.4. The van der Waals surface area contributed by atoms with E-state index in [9.17, 15) is 14.0 Å². The van der Waals surface area contributed by atoms with Gasteiger partial charge in [0.1, 0.15) is 28.8 Å². The minimum absolute atomic E-state index is 0.132. The minimum atomic E-state index is -1.17. The van der Waals surface area contributed by atoms with E-state index >= 15 is 0 Å². The molecule has 1 saturated carbocycles. The van der Waals surface area contributed by atoms with Crippen LogP contribution in [-0.2, 0) is 4.79 Å². The third-order valence-electron chi connectivity index (χ3n) is 5.04. The Bertz CT molecular complexity index is 1140. The Morgan fingerprint density at radius 3 is 2.50 bits per heavy atom. The lowest BCUT2D eigenvalue weighted by molar-refractivity contribution is -0.117. The Labute approximate surface area is 196 Å². The monoisotopic (exact) mass is 470 g/mol. The van der Waals surface area contributed by atoms with E-state index in [4.69, 9.17) is 15.6 Å². The average molecular weight is 471 g/mol. The maximum atomic E-state index is 14.4. The highest BCUT2D eigenvalue weighted by Crippen LogP contribution is 2.38. The van der Waals surface area contributed by atoms with Gasteiger partial charge in [-0.15, -0.1) is 0 Å². The van der Waals surface area contributed by atoms with Crippen LogP contribution in [0.4, 0.5) is 10.1 Å². The standard InChI is InChI=1S/C19H19FN6O4.C4H8/c1-22-18(27)16-13(7-15(21)25-26-16)24-14-6-10(20)5-11(17(14)30-2)9-3-4-12(19(28)29)23-8-9;1-4-2-3-4/h3-8,24-26H,21H2,1-2H3,(H,22,27)(H,28,29);4H,2-3H2,1H3. The number of nitrogens with two attached hydrogens (primary N) is 1. The van der Waals surface area contributed by atoms with Crippen molar-refractivity contribution < 1.29 is 23.8 Å². The second kappa shape index (κ2) is 10.6. The molecule has 0 atom stereocenters. The van der Waals surface area contributed by atoms with E-state index in [-0.39, 0.29) is 34.3 Å². The van der Waals surface area contributed by atoms with Crippen molar-refractivity contribution >= 4 is 17.6 Å². The zero-order chi connectivity index (χ0) is 24.8. The first-order chi connectivity index (χ1) is 16.2. The molecule has 0 bridgehead atoms. The number of hydrogen-bond acceptors (Lipinski definition) is 8. The van der Waals surface area contributed by atoms with Crippen LogP contribution in [0.15, 0.2) is 53.8 Å². The van der Waals surface area contributed by atoms with Crippen molar-refractivity contribution in [2.24, 2.45) is 11.7 Å². The van der Waals surface area contributed by atoms with E-state index < -0.39 is 17.7 Å². The smallest absolute Gasteiger partial charge is 0.354 e. The van der Waals surface area contributed by atoms with Gasteiger partial charge in [0.15, 0.2) is 0 Å². The van der Waals surface area contributed by atoms with Crippen molar-refractivity contribution in [2.75, 3.05) is 19.5 Å². The number of benzene rings is 1. The van der Waals surface area contributed by atoms with Crippen molar-refractivity contribution in [2.45, 2.75) is 19.8 Å². The quantitative estimate of drug-likeness (QED) is 0.374. The van der Waals surface area contributed by atoms with Gasteiger partial charge in [0.25, 0.3) is 5.91 Å². The summed E-state index contributed by atoms with van der Waals surface area (Å²) in [5.74, 6) is -0.620. The van der Waals surface area contributed by atoms with Crippen LogP contribution >= 0.6 is 0 Å². The Morgan fingerprint density at radius 2 is 1.97 bits per heavy atom. The number of allylic oxidation sites excluding steroid dienone is 1. The number of nitrogens with one attached hydrogen (secondary N) is 4. The average Bonchev–Trinajstić information content (AvgIpc) is 3.61. The molecule has 0 radical (unpaired) electrons. The number of amides is 1. The van der Waals surface area contributed by atoms with Crippen molar-refractivity contribution in [3.05, 3.63) is 65.3 Å². The molecule has 7 N–H and O–H groups in total. The lowest BCUT2D eigenvalue weighted by Gasteiger charge is -2.23. The number of carboxylic acid groups (broad SMARTS) is 1. The molecule has 0 unspecified atom stereocenters. The van der Waals surface area contributed by atoms with Gasteiger partial charge in [-0.05, 0) is 18.1 Å². The summed E-state index contributed by atoms with van der Waals surface area (Å²) in [5, 5.41) is 14.5. The summed E-state index contributed by atoms with van der Waals surface area (Å²) in [6, 6.07) is 5.24. The predicted octanol–water partition coefficient (Wildman–Crippen LogP) is 2.29. The van der Waals surface area contributed by atoms with Gasteiger partial charge < -0.3 is 26.2 Å². The molecule has 1 aliphatic carbocycles. The number of likely N-dealkylation sites (N-methyl/N-ethyl adjacent to an activating group) is 1. The molecule has 1 fully saturated rings. The van der Waals surface area contributed by atoms with Crippen molar-refractivity contribution in [3.63, 3.8) is 0 Å². The molecule has 2 heterocycles. The Balaban J connectivity index is 0.000000732. The van der Waals surface area contributed by atoms with Crippen LogP contribution in [0, 0.1) is 11.7 Å². The summed E-state index contributed by atoms with van der Waals surface area (Å²) in [4.78, 5) is 27.0. The Morgan fingerprint density at radius 1 is 1.26 bits per heavy atom. The fourth-order valence-electron chi connectivity index (χ4n) is 2.98. The molecule has 0 spiro atoms. The molecule has 2 aromatic rings. The number of rotatable bonds is 6. The van der Waals surface area contributed by atoms with E-state index in [0.717, 1.165) is 5.92 Å². The van der Waals surface area contributed by atoms with E-state index in [1.807, 2.05) is 0 Å². The molecule has 2 aliphatic rings. The summed E-state index contributed by atoms with van der Waals surface area (Å²) in [7, 11) is 2.87. The Hall–Kier alpha value is -4.28. The molecule has 0 saturated heterocycles. The number of ether oxygens (including phenoxy) is 1. The molecular formula is C23H27FN6O4. The van der Waals surface area contributed by atoms with Crippen molar-refractivity contribution in [1.29, 1.82) is 0 Å². The van der Waals surface area contributed by atoms with Gasteiger partial charge in [0.2, 0.25) is 0 Å². The van der Waals surface area contributed by atoms with E-state index in [1.54, 1.807) is 0 Å². The second-order valence-electron chi connectivity index (χ2n) is 7.80. The largest absolute Gasteiger partial charge is 0.494 e. The zero-order valence-corrected chi connectivity index (χ0v) is 19.0. The van der Waals surface area contributed by atoms with Gasteiger partial charge in [-0.1, -0.05) is 25.8 Å². The van der Waals surface area contributed by atoms with Gasteiger partial charge in [0.05, 0.1) is 18.5 Å². The topological polar surface area (TPSA) is 151 Å². The van der Waals surface area contributed by atoms with Crippen LogP contribution in [0.3, 0.4) is 0 Å². The van der Waals surface area contributed by atoms with E-state index in [0.29, 0.717) is 11.1 Å². The molecule has 11 heteroatoms.